The number of nitrogens with zero attached hydrogens (tertiary/aromatic N) is 1. The van der Waals surface area contributed by atoms with E-state index in [-0.39, 0.29) is 5.91 Å². The lowest BCUT2D eigenvalue weighted by Gasteiger charge is -2.22. The van der Waals surface area contributed by atoms with Gasteiger partial charge in [0.15, 0.2) is 0 Å². The molecule has 3 N–H and O–H groups in total. The Morgan fingerprint density at radius 3 is 2.56 bits per heavy atom. The molecule has 1 atom stereocenters. The summed E-state index contributed by atoms with van der Waals surface area (Å²) in [4.78, 5) is 16.8. The third-order valence-electron chi connectivity index (χ3n) is 6.21. The van der Waals surface area contributed by atoms with Crippen LogP contribution in [-0.2, 0) is 24.3 Å². The molecule has 1 saturated carbocycles. The Morgan fingerprint density at radius 1 is 1.00 bits per heavy atom. The largest absolute Gasteiger partial charge is 0.350 e. The zero-order chi connectivity index (χ0) is 22.4. The number of aromatic nitrogens is 1. The minimum atomic E-state index is 0.0859. The Kier molecular flexibility index (Phi) is 10.7. The van der Waals surface area contributed by atoms with Gasteiger partial charge in [-0.25, -0.2) is 0 Å². The Bertz CT molecular complexity index is 772. The number of carbonyl (C=O) groups is 1. The molecule has 174 valence electrons. The van der Waals surface area contributed by atoms with Crippen LogP contribution in [0.4, 0.5) is 0 Å². The summed E-state index contributed by atoms with van der Waals surface area (Å²) in [5.74, 6) is 0.402. The van der Waals surface area contributed by atoms with Crippen LogP contribution < -0.4 is 16.0 Å². The van der Waals surface area contributed by atoms with Crippen LogP contribution in [0, 0.1) is 5.92 Å². The highest BCUT2D eigenvalue weighted by atomic mass is 16.1. The van der Waals surface area contributed by atoms with E-state index in [1.54, 1.807) is 0 Å². The first-order valence-corrected chi connectivity index (χ1v) is 12.4. The van der Waals surface area contributed by atoms with Crippen molar-refractivity contribution in [1.29, 1.82) is 0 Å². The number of benzene rings is 1. The van der Waals surface area contributed by atoms with Gasteiger partial charge in [0.05, 0.1) is 12.2 Å². The molecule has 0 bridgehead atoms. The van der Waals surface area contributed by atoms with Crippen LogP contribution >= 0.6 is 0 Å². The SMILES string of the molecule is C[C@@H](CC(=O)NCc1ccc(CNCCCNC2CCCCC2)cn1)Cc1ccccc1. The summed E-state index contributed by atoms with van der Waals surface area (Å²) in [5.41, 5.74) is 3.35. The van der Waals surface area contributed by atoms with Gasteiger partial charge in [-0.3, -0.25) is 9.78 Å². The van der Waals surface area contributed by atoms with Crippen molar-refractivity contribution in [3.63, 3.8) is 0 Å². The van der Waals surface area contributed by atoms with E-state index in [0.717, 1.165) is 44.2 Å². The van der Waals surface area contributed by atoms with Crippen molar-refractivity contribution in [1.82, 2.24) is 20.9 Å². The molecular formula is C27H40N4O. The van der Waals surface area contributed by atoms with E-state index in [1.807, 2.05) is 30.5 Å². The van der Waals surface area contributed by atoms with Gasteiger partial charge in [-0.05, 0) is 61.9 Å². The topological polar surface area (TPSA) is 66.1 Å². The van der Waals surface area contributed by atoms with E-state index in [0.29, 0.717) is 18.9 Å². The molecule has 1 fully saturated rings. The van der Waals surface area contributed by atoms with E-state index in [2.05, 4.69) is 46.1 Å². The second kappa shape index (κ2) is 14.0. The fourth-order valence-electron chi connectivity index (χ4n) is 4.39. The van der Waals surface area contributed by atoms with Crippen molar-refractivity contribution in [3.8, 4) is 0 Å². The number of rotatable bonds is 13. The highest BCUT2D eigenvalue weighted by molar-refractivity contribution is 5.76. The van der Waals surface area contributed by atoms with Crippen LogP contribution in [0.25, 0.3) is 0 Å². The van der Waals surface area contributed by atoms with Crippen LogP contribution in [0.15, 0.2) is 48.7 Å². The molecule has 1 amide bonds. The predicted molar refractivity (Wildman–Crippen MR) is 131 cm³/mol. The van der Waals surface area contributed by atoms with Crippen molar-refractivity contribution in [2.24, 2.45) is 5.92 Å². The Labute approximate surface area is 193 Å². The van der Waals surface area contributed by atoms with Gasteiger partial charge in [-0.15, -0.1) is 0 Å². The second-order valence-corrected chi connectivity index (χ2v) is 9.25. The summed E-state index contributed by atoms with van der Waals surface area (Å²) in [6.07, 6.45) is 11.4. The molecule has 1 heterocycles. The van der Waals surface area contributed by atoms with Gasteiger partial charge in [0.25, 0.3) is 0 Å². The molecule has 1 aliphatic carbocycles. The van der Waals surface area contributed by atoms with E-state index in [9.17, 15) is 4.79 Å². The van der Waals surface area contributed by atoms with Crippen LogP contribution in [0.2, 0.25) is 0 Å². The van der Waals surface area contributed by atoms with Gasteiger partial charge in [0.1, 0.15) is 0 Å². The average molecular weight is 437 g/mol. The standard InChI is InChI=1S/C27H40N4O/c1-22(17-23-9-4-2-5-10-23)18-27(32)31-21-26-14-13-24(20-30-26)19-28-15-8-16-29-25-11-6-3-7-12-25/h2,4-5,9-10,13-14,20,22,25,28-29H,3,6-8,11-12,15-19,21H2,1H3,(H,31,32)/t22-/m1/s1. The Balaban J connectivity index is 1.25. The molecular weight excluding hydrogens is 396 g/mol. The lowest BCUT2D eigenvalue weighted by Crippen LogP contribution is -2.33. The van der Waals surface area contributed by atoms with E-state index in [1.165, 1.54) is 43.2 Å². The van der Waals surface area contributed by atoms with Crippen LogP contribution in [0.3, 0.4) is 0 Å². The molecule has 1 aliphatic rings. The maximum Gasteiger partial charge on any atom is 0.220 e. The fraction of sp³-hybridized carbons (Fsp3) is 0.556. The normalized spacial score (nSPS) is 15.4. The first-order valence-electron chi connectivity index (χ1n) is 12.4. The third-order valence-corrected chi connectivity index (χ3v) is 6.21. The molecule has 0 spiro atoms. The highest BCUT2D eigenvalue weighted by Crippen LogP contribution is 2.17. The number of amides is 1. The molecule has 32 heavy (non-hydrogen) atoms. The summed E-state index contributed by atoms with van der Waals surface area (Å²) in [6, 6.07) is 15.2. The predicted octanol–water partition coefficient (Wildman–Crippen LogP) is 4.37. The minimum Gasteiger partial charge on any atom is -0.350 e. The summed E-state index contributed by atoms with van der Waals surface area (Å²) >= 11 is 0. The first kappa shape index (κ1) is 24.4. The molecule has 2 aromatic rings. The summed E-state index contributed by atoms with van der Waals surface area (Å²) in [7, 11) is 0. The Morgan fingerprint density at radius 2 is 1.81 bits per heavy atom. The molecule has 0 saturated heterocycles. The van der Waals surface area contributed by atoms with Crippen LogP contribution in [-0.4, -0.2) is 30.0 Å². The molecule has 3 rings (SSSR count). The molecule has 0 radical (unpaired) electrons. The Hall–Kier alpha value is -2.24. The second-order valence-electron chi connectivity index (χ2n) is 9.25. The van der Waals surface area contributed by atoms with E-state index >= 15 is 0 Å². The van der Waals surface area contributed by atoms with Gasteiger partial charge < -0.3 is 16.0 Å². The third kappa shape index (κ3) is 9.49. The molecule has 5 nitrogen and oxygen atoms in total. The van der Waals surface area contributed by atoms with Gasteiger partial charge in [0.2, 0.25) is 5.91 Å². The molecule has 0 aliphatic heterocycles. The highest BCUT2D eigenvalue weighted by Gasteiger charge is 2.12. The lowest BCUT2D eigenvalue weighted by molar-refractivity contribution is -0.122. The van der Waals surface area contributed by atoms with Gasteiger partial charge in [0, 0.05) is 25.2 Å². The summed E-state index contributed by atoms with van der Waals surface area (Å²) in [5, 5.41) is 10.2. The van der Waals surface area contributed by atoms with Crippen LogP contribution in [0.5, 0.6) is 0 Å². The van der Waals surface area contributed by atoms with Gasteiger partial charge >= 0.3 is 0 Å². The number of nitrogens with one attached hydrogen (secondary N) is 3. The van der Waals surface area contributed by atoms with E-state index < -0.39 is 0 Å². The maximum atomic E-state index is 12.3. The fourth-order valence-corrected chi connectivity index (χ4v) is 4.39. The quantitative estimate of drug-likeness (QED) is 0.408. The molecule has 1 aromatic heterocycles. The van der Waals surface area contributed by atoms with Crippen molar-refractivity contribution >= 4 is 5.91 Å². The van der Waals surface area contributed by atoms with Crippen molar-refractivity contribution in [2.45, 2.75) is 77.4 Å². The lowest BCUT2D eigenvalue weighted by atomic mass is 9.95. The van der Waals surface area contributed by atoms with Crippen molar-refractivity contribution < 1.29 is 4.79 Å². The first-order chi connectivity index (χ1) is 15.7. The number of carbonyl (C=O) groups excluding carboxylic acids is 1. The number of hydrogen-bond acceptors (Lipinski definition) is 4. The van der Waals surface area contributed by atoms with Crippen molar-refractivity contribution in [2.75, 3.05) is 13.1 Å². The molecule has 1 aromatic carbocycles. The van der Waals surface area contributed by atoms with Crippen molar-refractivity contribution in [3.05, 3.63) is 65.5 Å². The summed E-state index contributed by atoms with van der Waals surface area (Å²) < 4.78 is 0. The van der Waals surface area contributed by atoms with E-state index in [4.69, 9.17) is 0 Å². The zero-order valence-electron chi connectivity index (χ0n) is 19.6. The number of hydrogen-bond donors (Lipinski definition) is 3. The summed E-state index contributed by atoms with van der Waals surface area (Å²) in [6.45, 7) is 5.55. The molecule has 0 unspecified atom stereocenters. The van der Waals surface area contributed by atoms with Gasteiger partial charge in [-0.1, -0.05) is 62.6 Å². The minimum absolute atomic E-state index is 0.0859. The average Bonchev–Trinajstić information content (AvgIpc) is 2.82. The van der Waals surface area contributed by atoms with Crippen LogP contribution in [0.1, 0.15) is 68.7 Å². The zero-order valence-corrected chi connectivity index (χ0v) is 19.6. The smallest absolute Gasteiger partial charge is 0.220 e. The molecule has 5 heteroatoms. The monoisotopic (exact) mass is 436 g/mol. The van der Waals surface area contributed by atoms with Gasteiger partial charge in [-0.2, -0.15) is 0 Å². The number of pyridine rings is 1. The maximum absolute atomic E-state index is 12.3.